The lowest BCUT2D eigenvalue weighted by Gasteiger charge is -2.24. The molecule has 3 N–H and O–H groups in total. The van der Waals surface area contributed by atoms with Crippen molar-refractivity contribution < 1.29 is 14.3 Å². The first-order valence-electron chi connectivity index (χ1n) is 4.54. The minimum Gasteiger partial charge on any atom is -0.468 e. The molecule has 80 valence electrons. The number of rotatable bonds is 5. The Bertz CT molecular complexity index is 279. The van der Waals surface area contributed by atoms with E-state index in [0.717, 1.165) is 5.56 Å². The molecule has 1 atom stereocenters. The lowest BCUT2D eigenvalue weighted by atomic mass is 9.87. The van der Waals surface area contributed by atoms with Crippen molar-refractivity contribution in [3.8, 4) is 0 Å². The van der Waals surface area contributed by atoms with Crippen LogP contribution in [0.1, 0.15) is 18.2 Å². The summed E-state index contributed by atoms with van der Waals surface area (Å²) in [5, 5.41) is 9.27. The first-order valence-corrected chi connectivity index (χ1v) is 4.54. The molecule has 14 heavy (non-hydrogen) atoms. The van der Waals surface area contributed by atoms with E-state index < -0.39 is 5.41 Å². The van der Waals surface area contributed by atoms with Gasteiger partial charge < -0.3 is 20.0 Å². The summed E-state index contributed by atoms with van der Waals surface area (Å²) in [7, 11) is 1.62. The lowest BCUT2D eigenvalue weighted by Crippen LogP contribution is -2.36. The molecule has 1 rings (SSSR count). The predicted octanol–water partition coefficient (Wildman–Crippen LogP) is 0.635. The van der Waals surface area contributed by atoms with E-state index in [0.29, 0.717) is 18.9 Å². The van der Waals surface area contributed by atoms with Gasteiger partial charge in [-0.15, -0.1) is 0 Å². The fraction of sp³-hybridized carbons (Fsp3) is 0.600. The molecule has 0 saturated carbocycles. The third-order valence-electron chi connectivity index (χ3n) is 2.39. The van der Waals surface area contributed by atoms with Crippen molar-refractivity contribution in [3.05, 3.63) is 23.7 Å². The summed E-state index contributed by atoms with van der Waals surface area (Å²) in [5.41, 5.74) is 6.04. The zero-order valence-electron chi connectivity index (χ0n) is 8.62. The number of ether oxygens (including phenoxy) is 1. The van der Waals surface area contributed by atoms with Gasteiger partial charge in [0.15, 0.2) is 0 Å². The van der Waals surface area contributed by atoms with Gasteiger partial charge in [0.05, 0.1) is 24.9 Å². The maximum atomic E-state index is 9.27. The second kappa shape index (κ2) is 4.59. The van der Waals surface area contributed by atoms with Crippen molar-refractivity contribution >= 4 is 0 Å². The van der Waals surface area contributed by atoms with Crippen LogP contribution in [0.3, 0.4) is 0 Å². The molecule has 0 bridgehead atoms. The van der Waals surface area contributed by atoms with Gasteiger partial charge in [-0.3, -0.25) is 0 Å². The second-order valence-corrected chi connectivity index (χ2v) is 3.63. The molecule has 0 aliphatic rings. The molecule has 1 heterocycles. The van der Waals surface area contributed by atoms with E-state index in [1.54, 1.807) is 13.4 Å². The van der Waals surface area contributed by atoms with Gasteiger partial charge in [0, 0.05) is 19.2 Å². The zero-order chi connectivity index (χ0) is 10.6. The highest BCUT2D eigenvalue weighted by atomic mass is 16.5. The molecule has 0 aromatic carbocycles. The molecule has 0 aliphatic carbocycles. The predicted molar refractivity (Wildman–Crippen MR) is 52.9 cm³/mol. The van der Waals surface area contributed by atoms with Gasteiger partial charge in [-0.1, -0.05) is 0 Å². The maximum absolute atomic E-state index is 9.27. The van der Waals surface area contributed by atoms with Gasteiger partial charge in [0.2, 0.25) is 0 Å². The molecule has 1 aromatic heterocycles. The van der Waals surface area contributed by atoms with Gasteiger partial charge in [-0.2, -0.15) is 0 Å². The van der Waals surface area contributed by atoms with Crippen molar-refractivity contribution in [1.29, 1.82) is 0 Å². The monoisotopic (exact) mass is 199 g/mol. The molecule has 4 nitrogen and oxygen atoms in total. The van der Waals surface area contributed by atoms with E-state index in [1.807, 2.05) is 13.0 Å². The Balaban J connectivity index is 2.97. The molecular formula is C10H17NO3. The summed E-state index contributed by atoms with van der Waals surface area (Å²) in [6.45, 7) is 2.65. The van der Waals surface area contributed by atoms with Crippen molar-refractivity contribution in [2.75, 3.05) is 20.3 Å². The van der Waals surface area contributed by atoms with Crippen LogP contribution in [0.4, 0.5) is 0 Å². The fourth-order valence-electron chi connectivity index (χ4n) is 1.36. The van der Waals surface area contributed by atoms with Crippen LogP contribution < -0.4 is 5.73 Å². The summed E-state index contributed by atoms with van der Waals surface area (Å²) >= 11 is 0. The Kier molecular flexibility index (Phi) is 3.69. The number of furan rings is 1. The van der Waals surface area contributed by atoms with Gasteiger partial charge >= 0.3 is 0 Å². The highest BCUT2D eigenvalue weighted by Crippen LogP contribution is 2.26. The third kappa shape index (κ3) is 1.97. The van der Waals surface area contributed by atoms with Crippen LogP contribution in [0.2, 0.25) is 0 Å². The molecule has 0 saturated heterocycles. The lowest BCUT2D eigenvalue weighted by molar-refractivity contribution is 0.166. The minimum absolute atomic E-state index is 0.0340. The van der Waals surface area contributed by atoms with E-state index >= 15 is 0 Å². The zero-order valence-corrected chi connectivity index (χ0v) is 8.62. The maximum Gasteiger partial charge on any atom is 0.118 e. The summed E-state index contributed by atoms with van der Waals surface area (Å²) in [4.78, 5) is 0. The van der Waals surface area contributed by atoms with Crippen molar-refractivity contribution in [3.63, 3.8) is 0 Å². The average molecular weight is 199 g/mol. The van der Waals surface area contributed by atoms with Crippen LogP contribution in [0.5, 0.6) is 0 Å². The summed E-state index contributed by atoms with van der Waals surface area (Å²) in [5.74, 6) is 0.712. The first kappa shape index (κ1) is 11.2. The molecule has 4 heteroatoms. The second-order valence-electron chi connectivity index (χ2n) is 3.63. The van der Waals surface area contributed by atoms with Crippen LogP contribution >= 0.6 is 0 Å². The molecule has 0 fully saturated rings. The van der Waals surface area contributed by atoms with E-state index in [4.69, 9.17) is 14.9 Å². The molecule has 0 radical (unpaired) electrons. The van der Waals surface area contributed by atoms with Gasteiger partial charge in [0.25, 0.3) is 0 Å². The van der Waals surface area contributed by atoms with Crippen LogP contribution in [0.25, 0.3) is 0 Å². The highest BCUT2D eigenvalue weighted by Gasteiger charge is 2.30. The minimum atomic E-state index is -0.517. The van der Waals surface area contributed by atoms with Crippen molar-refractivity contribution in [2.45, 2.75) is 18.9 Å². The number of methoxy groups -OCH3 is 1. The molecule has 0 spiro atoms. The topological polar surface area (TPSA) is 68.6 Å². The molecule has 0 amide bonds. The SMILES string of the molecule is COCc1ccoc1C(C)(CN)CO. The van der Waals surface area contributed by atoms with E-state index in [-0.39, 0.29) is 6.61 Å². The molecule has 0 aliphatic heterocycles. The number of hydrogen-bond donors (Lipinski definition) is 2. The van der Waals surface area contributed by atoms with Crippen LogP contribution in [-0.2, 0) is 16.8 Å². The van der Waals surface area contributed by atoms with Crippen LogP contribution in [0, 0.1) is 0 Å². The van der Waals surface area contributed by atoms with E-state index in [9.17, 15) is 5.11 Å². The van der Waals surface area contributed by atoms with Crippen LogP contribution in [0.15, 0.2) is 16.7 Å². The van der Waals surface area contributed by atoms with Gasteiger partial charge in [-0.25, -0.2) is 0 Å². The number of aliphatic hydroxyl groups excluding tert-OH is 1. The molecule has 1 unspecified atom stereocenters. The summed E-state index contributed by atoms with van der Waals surface area (Å²) in [6, 6.07) is 1.84. The Hall–Kier alpha value is -0.840. The smallest absolute Gasteiger partial charge is 0.118 e. The average Bonchev–Trinajstić information content (AvgIpc) is 2.66. The standard InChI is InChI=1S/C10H17NO3/c1-10(6-11,7-12)9-8(5-13-2)3-4-14-9/h3-4,12H,5-7,11H2,1-2H3. The normalized spacial score (nSPS) is 15.4. The summed E-state index contributed by atoms with van der Waals surface area (Å²) < 4.78 is 10.4. The highest BCUT2D eigenvalue weighted by molar-refractivity contribution is 5.24. The van der Waals surface area contributed by atoms with E-state index in [1.165, 1.54) is 0 Å². The molecular weight excluding hydrogens is 182 g/mol. The summed E-state index contributed by atoms with van der Waals surface area (Å²) in [6.07, 6.45) is 1.59. The quantitative estimate of drug-likeness (QED) is 0.730. The Morgan fingerprint density at radius 3 is 2.86 bits per heavy atom. The Morgan fingerprint density at radius 1 is 1.64 bits per heavy atom. The number of aliphatic hydroxyl groups is 1. The number of nitrogens with two attached hydrogens (primary N) is 1. The fourth-order valence-corrected chi connectivity index (χ4v) is 1.36. The van der Waals surface area contributed by atoms with Crippen molar-refractivity contribution in [1.82, 2.24) is 0 Å². The molecule has 1 aromatic rings. The van der Waals surface area contributed by atoms with Gasteiger partial charge in [-0.05, 0) is 13.0 Å². The first-order chi connectivity index (χ1) is 6.68. The Labute approximate surface area is 83.7 Å². The van der Waals surface area contributed by atoms with Crippen LogP contribution in [-0.4, -0.2) is 25.4 Å². The van der Waals surface area contributed by atoms with Crippen molar-refractivity contribution in [2.24, 2.45) is 5.73 Å². The van der Waals surface area contributed by atoms with Gasteiger partial charge in [0.1, 0.15) is 5.76 Å². The Morgan fingerprint density at radius 2 is 2.36 bits per heavy atom. The third-order valence-corrected chi connectivity index (χ3v) is 2.39. The van der Waals surface area contributed by atoms with E-state index in [2.05, 4.69) is 0 Å². The largest absolute Gasteiger partial charge is 0.468 e. The number of hydrogen-bond acceptors (Lipinski definition) is 4.